The molecule has 6 nitrogen and oxygen atoms in total. The first-order valence-electron chi connectivity index (χ1n) is 8.36. The Hall–Kier alpha value is -2.70. The average molecular weight is 357 g/mol. The van der Waals surface area contributed by atoms with Gasteiger partial charge in [0.25, 0.3) is 5.91 Å². The Bertz CT molecular complexity index is 715. The number of aliphatic hydroxyl groups is 1. The maximum absolute atomic E-state index is 12.2. The molecule has 0 spiro atoms. The van der Waals surface area contributed by atoms with Crippen LogP contribution in [0.1, 0.15) is 12.5 Å². The van der Waals surface area contributed by atoms with Gasteiger partial charge in [0.1, 0.15) is 0 Å². The number of ether oxygens (including phenoxy) is 2. The van der Waals surface area contributed by atoms with Gasteiger partial charge in [-0.1, -0.05) is 54.6 Å². The van der Waals surface area contributed by atoms with Crippen LogP contribution in [0.15, 0.2) is 54.6 Å². The quantitative estimate of drug-likeness (QED) is 0.705. The van der Waals surface area contributed by atoms with E-state index in [1.54, 1.807) is 6.92 Å². The normalized spacial score (nSPS) is 12.9. The largest absolute Gasteiger partial charge is 0.464 e. The lowest BCUT2D eigenvalue weighted by molar-refractivity contribution is -0.165. The molecule has 2 atom stereocenters. The highest BCUT2D eigenvalue weighted by atomic mass is 16.6. The second kappa shape index (κ2) is 9.70. The summed E-state index contributed by atoms with van der Waals surface area (Å²) >= 11 is 0. The van der Waals surface area contributed by atoms with Gasteiger partial charge in [-0.25, -0.2) is 4.79 Å². The minimum atomic E-state index is -1.67. The lowest BCUT2D eigenvalue weighted by Gasteiger charge is -2.19. The van der Waals surface area contributed by atoms with Crippen LogP contribution in [0.2, 0.25) is 0 Å². The van der Waals surface area contributed by atoms with Crippen molar-refractivity contribution in [3.05, 3.63) is 60.2 Å². The van der Waals surface area contributed by atoms with Gasteiger partial charge in [-0.15, -0.1) is 0 Å². The molecule has 0 unspecified atom stereocenters. The molecule has 0 bridgehead atoms. The van der Waals surface area contributed by atoms with Crippen LogP contribution in [0.25, 0.3) is 11.1 Å². The zero-order chi connectivity index (χ0) is 18.9. The molecule has 0 aliphatic heterocycles. The molecule has 2 aromatic carbocycles. The van der Waals surface area contributed by atoms with E-state index in [1.165, 1.54) is 7.11 Å². The van der Waals surface area contributed by atoms with Gasteiger partial charge in [0, 0.05) is 13.7 Å². The van der Waals surface area contributed by atoms with Crippen molar-refractivity contribution >= 4 is 11.9 Å². The molecule has 0 aliphatic carbocycles. The summed E-state index contributed by atoms with van der Waals surface area (Å²) in [5.74, 6) is -1.47. The molecule has 1 amide bonds. The Balaban J connectivity index is 1.94. The van der Waals surface area contributed by atoms with Crippen molar-refractivity contribution in [2.24, 2.45) is 0 Å². The number of amides is 1. The zero-order valence-corrected chi connectivity index (χ0v) is 14.8. The summed E-state index contributed by atoms with van der Waals surface area (Å²) in [6.07, 6.45) is -2.99. The van der Waals surface area contributed by atoms with Crippen molar-refractivity contribution in [3.8, 4) is 11.1 Å². The summed E-state index contributed by atoms with van der Waals surface area (Å²) in [5.41, 5.74) is 3.08. The van der Waals surface area contributed by atoms with Gasteiger partial charge >= 0.3 is 5.97 Å². The van der Waals surface area contributed by atoms with Gasteiger partial charge in [-0.3, -0.25) is 4.79 Å². The van der Waals surface area contributed by atoms with E-state index in [4.69, 9.17) is 9.47 Å². The third kappa shape index (κ3) is 5.15. The molecule has 0 saturated carbocycles. The van der Waals surface area contributed by atoms with Crippen molar-refractivity contribution in [1.29, 1.82) is 0 Å². The summed E-state index contributed by atoms with van der Waals surface area (Å²) in [6, 6.07) is 17.7. The fourth-order valence-corrected chi connectivity index (χ4v) is 2.47. The Kier molecular flexibility index (Phi) is 7.32. The summed E-state index contributed by atoms with van der Waals surface area (Å²) in [6.45, 7) is 1.98. The minimum absolute atomic E-state index is 0.113. The molecule has 138 valence electrons. The fourth-order valence-electron chi connectivity index (χ4n) is 2.47. The van der Waals surface area contributed by atoms with Crippen LogP contribution in [0.3, 0.4) is 0 Å². The van der Waals surface area contributed by atoms with Gasteiger partial charge < -0.3 is 19.9 Å². The summed E-state index contributed by atoms with van der Waals surface area (Å²) in [4.78, 5) is 23.7. The van der Waals surface area contributed by atoms with Crippen molar-refractivity contribution in [2.45, 2.75) is 25.7 Å². The number of esters is 1. The molecular formula is C20H23NO5. The van der Waals surface area contributed by atoms with Crippen LogP contribution in [0.4, 0.5) is 0 Å². The number of benzene rings is 2. The molecule has 0 aliphatic rings. The third-order valence-electron chi connectivity index (χ3n) is 3.86. The summed E-state index contributed by atoms with van der Waals surface area (Å²) < 4.78 is 9.65. The van der Waals surface area contributed by atoms with Crippen LogP contribution in [0, 0.1) is 0 Å². The van der Waals surface area contributed by atoms with E-state index in [-0.39, 0.29) is 13.2 Å². The number of nitrogens with one attached hydrogen (secondary N) is 1. The predicted molar refractivity (Wildman–Crippen MR) is 97.2 cm³/mol. The molecule has 0 heterocycles. The smallest absolute Gasteiger partial charge is 0.338 e. The van der Waals surface area contributed by atoms with Crippen molar-refractivity contribution in [2.75, 3.05) is 13.7 Å². The first kappa shape index (κ1) is 19.6. The van der Waals surface area contributed by atoms with Crippen LogP contribution < -0.4 is 5.32 Å². The molecule has 2 N–H and O–H groups in total. The topological polar surface area (TPSA) is 84.9 Å². The maximum Gasteiger partial charge on any atom is 0.338 e. The predicted octanol–water partition coefficient (Wildman–Crippen LogP) is 1.91. The number of carbonyl (C=O) groups excluding carboxylic acids is 2. The second-order valence-electron chi connectivity index (χ2n) is 5.63. The average Bonchev–Trinajstić information content (AvgIpc) is 2.68. The van der Waals surface area contributed by atoms with E-state index in [0.29, 0.717) is 0 Å². The number of carbonyl (C=O) groups is 2. The summed E-state index contributed by atoms with van der Waals surface area (Å²) in [7, 11) is 1.25. The van der Waals surface area contributed by atoms with Gasteiger partial charge in [0.05, 0.1) is 6.61 Å². The maximum atomic E-state index is 12.2. The van der Waals surface area contributed by atoms with Gasteiger partial charge in [-0.2, -0.15) is 0 Å². The lowest BCUT2D eigenvalue weighted by atomic mass is 10.0. The second-order valence-corrected chi connectivity index (χ2v) is 5.63. The van der Waals surface area contributed by atoms with Crippen LogP contribution in [-0.4, -0.2) is 42.9 Å². The van der Waals surface area contributed by atoms with Crippen molar-refractivity contribution in [3.63, 3.8) is 0 Å². The fraction of sp³-hybridized carbons (Fsp3) is 0.300. The molecule has 6 heteroatoms. The standard InChI is InChI=1S/C20H23NO5/c1-3-26-20(24)17(22)18(25-2)19(23)21-13-14-9-11-16(12-10-14)15-7-5-4-6-8-15/h4-12,17-18,22H,3,13H2,1-2H3,(H,21,23)/t17-,18-/m1/s1. The molecular weight excluding hydrogens is 334 g/mol. The van der Waals surface area contributed by atoms with Crippen molar-refractivity contribution in [1.82, 2.24) is 5.32 Å². The Morgan fingerprint density at radius 3 is 2.23 bits per heavy atom. The van der Waals surface area contributed by atoms with Gasteiger partial charge in [-0.05, 0) is 23.6 Å². The number of methoxy groups -OCH3 is 1. The number of hydrogen-bond donors (Lipinski definition) is 2. The molecule has 0 radical (unpaired) electrons. The lowest BCUT2D eigenvalue weighted by Crippen LogP contribution is -2.47. The Morgan fingerprint density at radius 1 is 1.04 bits per heavy atom. The van der Waals surface area contributed by atoms with E-state index in [2.05, 4.69) is 5.32 Å². The highest BCUT2D eigenvalue weighted by Gasteiger charge is 2.33. The number of hydrogen-bond acceptors (Lipinski definition) is 5. The van der Waals surface area contributed by atoms with E-state index < -0.39 is 24.1 Å². The van der Waals surface area contributed by atoms with Crippen LogP contribution >= 0.6 is 0 Å². The Morgan fingerprint density at radius 2 is 1.65 bits per heavy atom. The Labute approximate surface area is 152 Å². The molecule has 0 saturated heterocycles. The van der Waals surface area contributed by atoms with Crippen LogP contribution in [0.5, 0.6) is 0 Å². The minimum Gasteiger partial charge on any atom is -0.464 e. The number of rotatable bonds is 8. The van der Waals surface area contributed by atoms with E-state index >= 15 is 0 Å². The SMILES string of the molecule is CCOC(=O)[C@H](O)[C@@H](OC)C(=O)NCc1ccc(-c2ccccc2)cc1. The van der Waals surface area contributed by atoms with E-state index in [1.807, 2.05) is 54.6 Å². The first-order valence-corrected chi connectivity index (χ1v) is 8.36. The van der Waals surface area contributed by atoms with E-state index in [9.17, 15) is 14.7 Å². The molecule has 2 aromatic rings. The molecule has 0 aromatic heterocycles. The molecule has 0 fully saturated rings. The zero-order valence-electron chi connectivity index (χ0n) is 14.8. The molecule has 2 rings (SSSR count). The molecule has 26 heavy (non-hydrogen) atoms. The highest BCUT2D eigenvalue weighted by molar-refractivity contribution is 5.88. The first-order chi connectivity index (χ1) is 12.6. The van der Waals surface area contributed by atoms with Gasteiger partial charge in [0.15, 0.2) is 12.2 Å². The summed E-state index contributed by atoms with van der Waals surface area (Å²) in [5, 5.41) is 12.5. The van der Waals surface area contributed by atoms with Gasteiger partial charge in [0.2, 0.25) is 0 Å². The highest BCUT2D eigenvalue weighted by Crippen LogP contribution is 2.19. The van der Waals surface area contributed by atoms with Crippen molar-refractivity contribution < 1.29 is 24.2 Å². The third-order valence-corrected chi connectivity index (χ3v) is 3.86. The number of aliphatic hydroxyl groups excluding tert-OH is 1. The van der Waals surface area contributed by atoms with E-state index in [0.717, 1.165) is 16.7 Å². The van der Waals surface area contributed by atoms with Crippen LogP contribution in [-0.2, 0) is 25.6 Å². The monoisotopic (exact) mass is 357 g/mol.